The molecule has 0 rings (SSSR count). The van der Waals surface area contributed by atoms with Crippen LogP contribution >= 0.6 is 7.82 Å². The molecule has 0 heterocycles. The average Bonchev–Trinajstić information content (AvgIpc) is 3.34. The standard InChI is InChI=1S/C62H110NO8P/c1-6-8-10-12-14-16-18-19-20-21-22-23-24-25-26-27-28-29-30-31-32-33-34-35-36-37-38-39-40-41-42-43-45-47-49-51-53-55-62(65)71-60(59-70-72(66,67)69-57-56-63(3,4)5)58-68-61(64)54-52-50-48-46-44-17-15-13-11-9-7-2/h8,10,13-16,19-20,22-23,25-26,28-29,60H,6-7,9,11-12,17-18,21,24,27,30-59H2,1-5H3/p+1/b10-8-,15-13-,16-14-,20-19-,23-22-,26-25-,29-28-. The number of carbonyl (C=O) groups excluding carboxylic acids is 2. The summed E-state index contributed by atoms with van der Waals surface area (Å²) < 4.78 is 34.4. The zero-order valence-corrected chi connectivity index (χ0v) is 48.0. The van der Waals surface area contributed by atoms with Gasteiger partial charge in [0.1, 0.15) is 19.8 Å². The maximum atomic E-state index is 12.8. The van der Waals surface area contributed by atoms with Crippen LogP contribution in [0.1, 0.15) is 245 Å². The molecular weight excluding hydrogens is 918 g/mol. The van der Waals surface area contributed by atoms with Crippen molar-refractivity contribution in [3.8, 4) is 0 Å². The zero-order chi connectivity index (χ0) is 52.7. The van der Waals surface area contributed by atoms with E-state index < -0.39 is 26.5 Å². The molecule has 0 aromatic rings. The van der Waals surface area contributed by atoms with E-state index in [0.717, 1.165) is 96.3 Å². The van der Waals surface area contributed by atoms with E-state index in [0.29, 0.717) is 17.4 Å². The van der Waals surface area contributed by atoms with E-state index in [9.17, 15) is 19.0 Å². The summed E-state index contributed by atoms with van der Waals surface area (Å²) in [4.78, 5) is 35.5. The van der Waals surface area contributed by atoms with Gasteiger partial charge in [-0.05, 0) is 83.5 Å². The highest BCUT2D eigenvalue weighted by atomic mass is 31.2. The molecule has 2 unspecified atom stereocenters. The van der Waals surface area contributed by atoms with Crippen molar-refractivity contribution in [1.29, 1.82) is 0 Å². The van der Waals surface area contributed by atoms with E-state index in [-0.39, 0.29) is 32.0 Å². The van der Waals surface area contributed by atoms with Gasteiger partial charge in [-0.1, -0.05) is 234 Å². The van der Waals surface area contributed by atoms with Crippen LogP contribution in [0.2, 0.25) is 0 Å². The lowest BCUT2D eigenvalue weighted by Crippen LogP contribution is -2.37. The third-order valence-electron chi connectivity index (χ3n) is 12.4. The molecular formula is C62H111NO8P+. The number of carbonyl (C=O) groups is 2. The highest BCUT2D eigenvalue weighted by Crippen LogP contribution is 2.43. The quantitative estimate of drug-likeness (QED) is 0.0211. The minimum absolute atomic E-state index is 0.0292. The van der Waals surface area contributed by atoms with Crippen molar-refractivity contribution in [2.75, 3.05) is 47.5 Å². The van der Waals surface area contributed by atoms with Gasteiger partial charge in [0.25, 0.3) is 0 Å². The molecule has 0 saturated carbocycles. The van der Waals surface area contributed by atoms with Gasteiger partial charge in [-0.25, -0.2) is 4.57 Å². The Morgan fingerprint density at radius 2 is 0.792 bits per heavy atom. The second-order valence-corrected chi connectivity index (χ2v) is 22.1. The fraction of sp³-hybridized carbons (Fsp3) is 0.742. The van der Waals surface area contributed by atoms with Crippen LogP contribution in [0.15, 0.2) is 85.1 Å². The number of quaternary nitrogens is 1. The topological polar surface area (TPSA) is 108 Å². The molecule has 0 spiro atoms. The van der Waals surface area contributed by atoms with Crippen LogP contribution in [-0.2, 0) is 32.7 Å². The Hall–Kier alpha value is -2.81. The van der Waals surface area contributed by atoms with Gasteiger partial charge in [-0.3, -0.25) is 18.6 Å². The monoisotopic (exact) mass is 1030 g/mol. The van der Waals surface area contributed by atoms with Crippen molar-refractivity contribution in [3.05, 3.63) is 85.1 Å². The summed E-state index contributed by atoms with van der Waals surface area (Å²) in [7, 11) is 1.47. The zero-order valence-electron chi connectivity index (χ0n) is 47.1. The first-order valence-corrected chi connectivity index (χ1v) is 30.8. The molecule has 2 atom stereocenters. The van der Waals surface area contributed by atoms with Gasteiger partial charge in [-0.2, -0.15) is 0 Å². The maximum absolute atomic E-state index is 12.8. The predicted molar refractivity (Wildman–Crippen MR) is 307 cm³/mol. The van der Waals surface area contributed by atoms with Gasteiger partial charge in [0.15, 0.2) is 6.10 Å². The molecule has 0 aliphatic carbocycles. The van der Waals surface area contributed by atoms with Crippen molar-refractivity contribution < 1.29 is 42.1 Å². The number of likely N-dealkylation sites (N-methyl/N-ethyl adjacent to an activating group) is 1. The number of hydrogen-bond donors (Lipinski definition) is 1. The Morgan fingerprint density at radius 1 is 0.444 bits per heavy atom. The first-order valence-electron chi connectivity index (χ1n) is 29.3. The Balaban J connectivity index is 3.96. The third-order valence-corrected chi connectivity index (χ3v) is 13.4. The fourth-order valence-electron chi connectivity index (χ4n) is 7.88. The summed E-state index contributed by atoms with van der Waals surface area (Å²) in [6, 6.07) is 0. The number of phosphoric acid groups is 1. The SMILES string of the molecule is CC/C=C\C/C=C\C/C=C\C/C=C\C/C=C\C/C=C\CCCCCCCCCCCCCCCCCCCCC(=O)OC(COC(=O)CCCCCCC/C=C\CCCC)COP(=O)(O)OCC[N+](C)(C)C. The van der Waals surface area contributed by atoms with Crippen LogP contribution < -0.4 is 0 Å². The van der Waals surface area contributed by atoms with Crippen LogP contribution in [0, 0.1) is 0 Å². The van der Waals surface area contributed by atoms with Crippen molar-refractivity contribution in [1.82, 2.24) is 0 Å². The molecule has 10 heteroatoms. The Bertz CT molecular complexity index is 1490. The lowest BCUT2D eigenvalue weighted by atomic mass is 10.0. The number of allylic oxidation sites excluding steroid dienone is 14. The second kappa shape index (κ2) is 53.0. The summed E-state index contributed by atoms with van der Waals surface area (Å²) in [5.74, 6) is -0.806. The smallest absolute Gasteiger partial charge is 0.462 e. The van der Waals surface area contributed by atoms with Gasteiger partial charge in [-0.15, -0.1) is 0 Å². The van der Waals surface area contributed by atoms with Crippen molar-refractivity contribution in [3.63, 3.8) is 0 Å². The van der Waals surface area contributed by atoms with Crippen LogP contribution in [0.3, 0.4) is 0 Å². The van der Waals surface area contributed by atoms with E-state index in [2.05, 4.69) is 98.9 Å². The molecule has 0 aliphatic rings. The van der Waals surface area contributed by atoms with Crippen LogP contribution in [0.4, 0.5) is 0 Å². The third kappa shape index (κ3) is 56.5. The number of esters is 2. The number of unbranched alkanes of at least 4 members (excludes halogenated alkanes) is 25. The first-order chi connectivity index (χ1) is 35.0. The molecule has 416 valence electrons. The van der Waals surface area contributed by atoms with E-state index in [1.807, 2.05) is 21.1 Å². The van der Waals surface area contributed by atoms with E-state index in [1.54, 1.807) is 0 Å². The number of nitrogens with zero attached hydrogens (tertiary/aromatic N) is 1. The molecule has 0 aliphatic heterocycles. The number of phosphoric ester groups is 1. The molecule has 0 aromatic carbocycles. The summed E-state index contributed by atoms with van der Waals surface area (Å²) in [6.45, 7) is 4.27. The molecule has 0 saturated heterocycles. The summed E-state index contributed by atoms with van der Waals surface area (Å²) in [5.41, 5.74) is 0. The average molecular weight is 1030 g/mol. The molecule has 0 radical (unpaired) electrons. The highest BCUT2D eigenvalue weighted by Gasteiger charge is 2.27. The first kappa shape index (κ1) is 69.2. The largest absolute Gasteiger partial charge is 0.472 e. The molecule has 9 nitrogen and oxygen atoms in total. The van der Waals surface area contributed by atoms with Crippen LogP contribution in [0.5, 0.6) is 0 Å². The van der Waals surface area contributed by atoms with Gasteiger partial charge < -0.3 is 18.9 Å². The molecule has 0 aromatic heterocycles. The lowest BCUT2D eigenvalue weighted by Gasteiger charge is -2.24. The number of rotatable bonds is 53. The van der Waals surface area contributed by atoms with Gasteiger partial charge in [0, 0.05) is 12.8 Å². The summed E-state index contributed by atoms with van der Waals surface area (Å²) in [5, 5.41) is 0. The van der Waals surface area contributed by atoms with E-state index in [1.165, 1.54) is 116 Å². The molecule has 1 N–H and O–H groups in total. The number of hydrogen-bond acceptors (Lipinski definition) is 7. The fourth-order valence-corrected chi connectivity index (χ4v) is 8.62. The van der Waals surface area contributed by atoms with E-state index in [4.69, 9.17) is 18.5 Å². The van der Waals surface area contributed by atoms with Crippen LogP contribution in [0.25, 0.3) is 0 Å². The van der Waals surface area contributed by atoms with Gasteiger partial charge in [0.05, 0.1) is 27.7 Å². The molecule has 0 fully saturated rings. The highest BCUT2D eigenvalue weighted by molar-refractivity contribution is 7.47. The van der Waals surface area contributed by atoms with Crippen molar-refractivity contribution >= 4 is 19.8 Å². The predicted octanol–water partition coefficient (Wildman–Crippen LogP) is 18.3. The van der Waals surface area contributed by atoms with Gasteiger partial charge >= 0.3 is 19.8 Å². The minimum Gasteiger partial charge on any atom is -0.462 e. The van der Waals surface area contributed by atoms with Crippen molar-refractivity contribution in [2.45, 2.75) is 251 Å². The summed E-state index contributed by atoms with van der Waals surface area (Å²) in [6.07, 6.45) is 71.1. The maximum Gasteiger partial charge on any atom is 0.472 e. The number of ether oxygens (including phenoxy) is 2. The molecule has 0 bridgehead atoms. The Labute approximate surface area is 443 Å². The second-order valence-electron chi connectivity index (χ2n) is 20.6. The normalized spacial score (nSPS) is 13.9. The molecule has 72 heavy (non-hydrogen) atoms. The minimum atomic E-state index is -4.38. The Morgan fingerprint density at radius 3 is 1.19 bits per heavy atom. The Kier molecular flexibility index (Phi) is 51.0. The molecule has 0 amide bonds. The van der Waals surface area contributed by atoms with Gasteiger partial charge in [0.2, 0.25) is 0 Å². The summed E-state index contributed by atoms with van der Waals surface area (Å²) >= 11 is 0. The van der Waals surface area contributed by atoms with E-state index >= 15 is 0 Å². The van der Waals surface area contributed by atoms with Crippen molar-refractivity contribution in [2.24, 2.45) is 0 Å². The lowest BCUT2D eigenvalue weighted by molar-refractivity contribution is -0.870. The van der Waals surface area contributed by atoms with Crippen LogP contribution in [-0.4, -0.2) is 74.9 Å².